The van der Waals surface area contributed by atoms with Gasteiger partial charge in [0.15, 0.2) is 11.3 Å². The number of fused-ring (bicyclic) bond motifs is 2. The second kappa shape index (κ2) is 7.96. The molecule has 7 nitrogen and oxygen atoms in total. The molecule has 0 unspecified atom stereocenters. The first-order valence-corrected chi connectivity index (χ1v) is 10.9. The Balaban J connectivity index is 1.35. The molecule has 2 aromatic heterocycles. The predicted octanol–water partition coefficient (Wildman–Crippen LogP) is 3.86. The van der Waals surface area contributed by atoms with Gasteiger partial charge in [-0.2, -0.15) is 0 Å². The molecule has 3 heterocycles. The quantitative estimate of drug-likeness (QED) is 0.578. The third-order valence-electron chi connectivity index (χ3n) is 6.14. The highest BCUT2D eigenvalue weighted by Gasteiger charge is 2.33. The summed E-state index contributed by atoms with van der Waals surface area (Å²) in [7, 11) is 3.67. The fraction of sp³-hybridized carbons (Fsp3) is 0.458. The van der Waals surface area contributed by atoms with E-state index in [1.807, 2.05) is 43.1 Å². The lowest BCUT2D eigenvalue weighted by Crippen LogP contribution is -2.38. The first kappa shape index (κ1) is 20.0. The van der Waals surface area contributed by atoms with E-state index in [1.54, 1.807) is 7.11 Å². The predicted molar refractivity (Wildman–Crippen MR) is 118 cm³/mol. The number of aryl methyl sites for hydroxylation is 1. The summed E-state index contributed by atoms with van der Waals surface area (Å²) in [4.78, 5) is 26.2. The SMILES string of the molecule is COc1cccc2cc(CN(C)Cc3nc(C)c4c(n3)N(CC3CC3)C(=O)CC4)oc12. The molecule has 1 amide bonds. The largest absolute Gasteiger partial charge is 0.493 e. The molecule has 0 atom stereocenters. The summed E-state index contributed by atoms with van der Waals surface area (Å²) in [6, 6.07) is 7.93. The molecule has 0 radical (unpaired) electrons. The van der Waals surface area contributed by atoms with Gasteiger partial charge in [-0.25, -0.2) is 9.97 Å². The maximum Gasteiger partial charge on any atom is 0.228 e. The summed E-state index contributed by atoms with van der Waals surface area (Å²) in [6.07, 6.45) is 3.71. The average molecular weight is 421 g/mol. The number of methoxy groups -OCH3 is 1. The second-order valence-electron chi connectivity index (χ2n) is 8.74. The van der Waals surface area contributed by atoms with Crippen LogP contribution < -0.4 is 9.64 Å². The summed E-state index contributed by atoms with van der Waals surface area (Å²) >= 11 is 0. The third kappa shape index (κ3) is 4.02. The van der Waals surface area contributed by atoms with E-state index in [4.69, 9.17) is 19.1 Å². The van der Waals surface area contributed by atoms with Crippen molar-refractivity contribution in [3.05, 3.63) is 47.1 Å². The summed E-state index contributed by atoms with van der Waals surface area (Å²) in [5.74, 6) is 3.98. The Hall–Kier alpha value is -2.93. The zero-order valence-electron chi connectivity index (χ0n) is 18.4. The van der Waals surface area contributed by atoms with Gasteiger partial charge < -0.3 is 9.15 Å². The number of hydrogen-bond acceptors (Lipinski definition) is 6. The van der Waals surface area contributed by atoms with Gasteiger partial charge in [-0.3, -0.25) is 14.6 Å². The van der Waals surface area contributed by atoms with Crippen LogP contribution in [0, 0.1) is 12.8 Å². The van der Waals surface area contributed by atoms with E-state index in [0.29, 0.717) is 25.4 Å². The normalized spacial score (nSPS) is 16.3. The lowest BCUT2D eigenvalue weighted by molar-refractivity contribution is -0.119. The van der Waals surface area contributed by atoms with Crippen LogP contribution >= 0.6 is 0 Å². The molecule has 1 aliphatic heterocycles. The van der Waals surface area contributed by atoms with Crippen LogP contribution in [0.25, 0.3) is 11.0 Å². The van der Waals surface area contributed by atoms with E-state index >= 15 is 0 Å². The smallest absolute Gasteiger partial charge is 0.228 e. The van der Waals surface area contributed by atoms with Crippen molar-refractivity contribution in [2.24, 2.45) is 5.92 Å². The number of hydrogen-bond donors (Lipinski definition) is 0. The van der Waals surface area contributed by atoms with Crippen LogP contribution in [0.2, 0.25) is 0 Å². The van der Waals surface area contributed by atoms with Gasteiger partial charge in [-0.1, -0.05) is 12.1 Å². The molecule has 7 heteroatoms. The Morgan fingerprint density at radius 1 is 1.23 bits per heavy atom. The van der Waals surface area contributed by atoms with E-state index < -0.39 is 0 Å². The molecule has 1 aliphatic carbocycles. The molecule has 1 fully saturated rings. The summed E-state index contributed by atoms with van der Waals surface area (Å²) in [5, 5.41) is 1.03. The summed E-state index contributed by atoms with van der Waals surface area (Å²) < 4.78 is 11.4. The molecule has 0 saturated heterocycles. The first-order chi connectivity index (χ1) is 15.0. The molecule has 5 rings (SSSR count). The van der Waals surface area contributed by atoms with Gasteiger partial charge in [-0.15, -0.1) is 0 Å². The Labute approximate surface area is 182 Å². The Bertz CT molecular complexity index is 1140. The number of carbonyl (C=O) groups is 1. The van der Waals surface area contributed by atoms with Gasteiger partial charge in [0, 0.05) is 29.6 Å². The van der Waals surface area contributed by atoms with Gasteiger partial charge >= 0.3 is 0 Å². The molecule has 162 valence electrons. The van der Waals surface area contributed by atoms with Crippen LogP contribution in [-0.2, 0) is 24.3 Å². The van der Waals surface area contributed by atoms with E-state index in [-0.39, 0.29) is 5.91 Å². The zero-order chi connectivity index (χ0) is 21.5. The molecule has 0 bridgehead atoms. The van der Waals surface area contributed by atoms with Crippen molar-refractivity contribution in [1.29, 1.82) is 0 Å². The van der Waals surface area contributed by atoms with Crippen LogP contribution in [0.3, 0.4) is 0 Å². The Kier molecular flexibility index (Phi) is 5.14. The van der Waals surface area contributed by atoms with Crippen LogP contribution in [-0.4, -0.2) is 41.5 Å². The van der Waals surface area contributed by atoms with Crippen molar-refractivity contribution in [3.63, 3.8) is 0 Å². The highest BCUT2D eigenvalue weighted by atomic mass is 16.5. The van der Waals surface area contributed by atoms with E-state index in [1.165, 1.54) is 12.8 Å². The van der Waals surface area contributed by atoms with Crippen molar-refractivity contribution in [2.45, 2.75) is 45.7 Å². The number of aromatic nitrogens is 2. The third-order valence-corrected chi connectivity index (χ3v) is 6.14. The second-order valence-corrected chi connectivity index (χ2v) is 8.74. The topological polar surface area (TPSA) is 71.7 Å². The van der Waals surface area contributed by atoms with Crippen LogP contribution in [0.1, 0.15) is 42.1 Å². The van der Waals surface area contributed by atoms with Crippen LogP contribution in [0.15, 0.2) is 28.7 Å². The number of amides is 1. The number of furan rings is 1. The number of nitrogens with zero attached hydrogens (tertiary/aromatic N) is 4. The van der Waals surface area contributed by atoms with Crippen molar-refractivity contribution in [1.82, 2.24) is 14.9 Å². The van der Waals surface area contributed by atoms with Crippen molar-refractivity contribution in [2.75, 3.05) is 25.6 Å². The van der Waals surface area contributed by atoms with E-state index in [0.717, 1.165) is 58.3 Å². The number of para-hydroxylation sites is 1. The van der Waals surface area contributed by atoms with E-state index in [9.17, 15) is 4.79 Å². The van der Waals surface area contributed by atoms with Crippen LogP contribution in [0.4, 0.5) is 5.82 Å². The molecule has 2 aliphatic rings. The Morgan fingerprint density at radius 3 is 2.84 bits per heavy atom. The molecule has 1 aromatic carbocycles. The van der Waals surface area contributed by atoms with Gasteiger partial charge in [0.2, 0.25) is 5.91 Å². The number of rotatable bonds is 7. The minimum Gasteiger partial charge on any atom is -0.493 e. The maximum absolute atomic E-state index is 12.6. The molecule has 0 N–H and O–H groups in total. The molecule has 3 aromatic rings. The minimum absolute atomic E-state index is 0.188. The zero-order valence-corrected chi connectivity index (χ0v) is 18.4. The summed E-state index contributed by atoms with van der Waals surface area (Å²) in [5.41, 5.74) is 2.87. The highest BCUT2D eigenvalue weighted by Crippen LogP contribution is 2.35. The monoisotopic (exact) mass is 420 g/mol. The van der Waals surface area contributed by atoms with Gasteiger partial charge in [0.05, 0.1) is 20.2 Å². The van der Waals surface area contributed by atoms with E-state index in [2.05, 4.69) is 4.90 Å². The fourth-order valence-corrected chi connectivity index (χ4v) is 4.35. The molecule has 0 spiro atoms. The maximum atomic E-state index is 12.6. The van der Waals surface area contributed by atoms with Crippen molar-refractivity contribution < 1.29 is 13.9 Å². The highest BCUT2D eigenvalue weighted by molar-refractivity contribution is 5.95. The fourth-order valence-electron chi connectivity index (χ4n) is 4.35. The first-order valence-electron chi connectivity index (χ1n) is 10.9. The molecular formula is C24H28N4O3. The lowest BCUT2D eigenvalue weighted by atomic mass is 10.0. The van der Waals surface area contributed by atoms with Gasteiger partial charge in [-0.05, 0) is 51.3 Å². The number of anilines is 1. The molecular weight excluding hydrogens is 392 g/mol. The van der Waals surface area contributed by atoms with Crippen molar-refractivity contribution in [3.8, 4) is 5.75 Å². The molecule has 1 saturated carbocycles. The Morgan fingerprint density at radius 2 is 2.06 bits per heavy atom. The number of benzene rings is 1. The number of carbonyl (C=O) groups excluding carboxylic acids is 1. The van der Waals surface area contributed by atoms with Gasteiger partial charge in [0.25, 0.3) is 0 Å². The van der Waals surface area contributed by atoms with Crippen LogP contribution in [0.5, 0.6) is 5.75 Å². The van der Waals surface area contributed by atoms with Crippen molar-refractivity contribution >= 4 is 22.7 Å². The lowest BCUT2D eigenvalue weighted by Gasteiger charge is -2.29. The minimum atomic E-state index is 0.188. The number of ether oxygens (including phenoxy) is 1. The molecule has 31 heavy (non-hydrogen) atoms. The average Bonchev–Trinajstić information content (AvgIpc) is 3.46. The summed E-state index contributed by atoms with van der Waals surface area (Å²) in [6.45, 7) is 4.02. The van der Waals surface area contributed by atoms with Gasteiger partial charge in [0.1, 0.15) is 17.4 Å². The standard InChI is InChI=1S/C24H28N4O3/c1-15-19-9-10-22(29)28(12-16-7-8-16)24(19)26-21(25-15)14-27(2)13-18-11-17-5-4-6-20(30-3)23(17)31-18/h4-6,11,16H,7-10,12-14H2,1-3H3.